The van der Waals surface area contributed by atoms with Gasteiger partial charge in [0.05, 0.1) is 18.5 Å². The third-order valence-corrected chi connectivity index (χ3v) is 6.01. The molecular weight excluding hydrogens is 497 g/mol. The summed E-state index contributed by atoms with van der Waals surface area (Å²) in [6.07, 6.45) is -4.66. The largest absolute Gasteiger partial charge is 0.573 e. The fourth-order valence-electron chi connectivity index (χ4n) is 4.36. The van der Waals surface area contributed by atoms with Crippen molar-refractivity contribution in [3.05, 3.63) is 78.5 Å². The minimum absolute atomic E-state index is 0.0944. The van der Waals surface area contributed by atoms with E-state index in [4.69, 9.17) is 9.47 Å². The Morgan fingerprint density at radius 2 is 1.47 bits per heavy atom. The molecule has 0 saturated heterocycles. The fraction of sp³-hybridized carbons (Fsp3) is 0.276. The lowest BCUT2D eigenvalue weighted by Crippen LogP contribution is -2.21. The number of rotatable bonds is 10. The van der Waals surface area contributed by atoms with E-state index in [1.165, 1.54) is 24.3 Å². The highest BCUT2D eigenvalue weighted by Crippen LogP contribution is 2.32. The third kappa shape index (κ3) is 6.40. The molecule has 0 saturated carbocycles. The number of alkyl halides is 3. The second-order valence-corrected chi connectivity index (χ2v) is 8.48. The van der Waals surface area contributed by atoms with Crippen molar-refractivity contribution in [2.75, 3.05) is 24.6 Å². The van der Waals surface area contributed by atoms with Gasteiger partial charge in [-0.15, -0.1) is 13.2 Å². The molecule has 0 aliphatic carbocycles. The number of ether oxygens (including phenoxy) is 3. The van der Waals surface area contributed by atoms with Gasteiger partial charge in [0.1, 0.15) is 17.2 Å². The molecule has 3 aromatic carbocycles. The van der Waals surface area contributed by atoms with Crippen LogP contribution in [0.1, 0.15) is 26.5 Å². The van der Waals surface area contributed by atoms with Crippen LogP contribution in [0.15, 0.2) is 72.8 Å². The van der Waals surface area contributed by atoms with E-state index in [0.29, 0.717) is 18.1 Å². The van der Waals surface area contributed by atoms with Crippen molar-refractivity contribution in [1.82, 2.24) is 4.57 Å². The van der Waals surface area contributed by atoms with Gasteiger partial charge >= 0.3 is 12.3 Å². The molecule has 0 radical (unpaired) electrons. The molecular formula is C29H29F3N2O4. The van der Waals surface area contributed by atoms with Crippen LogP contribution in [0.5, 0.6) is 17.2 Å². The standard InChI is InChI=1S/C29H29F3N2O4/c1-4-33(5-2)21-7-9-22(10-8-21)34-23(19-28(35)36-6-3)17-20-18-26(15-16-27(20)34)37-24-11-13-25(14-12-24)38-29(30,31)32/h7-18H,4-6,19H2,1-3H3. The fourth-order valence-corrected chi connectivity index (χ4v) is 4.36. The topological polar surface area (TPSA) is 52.9 Å². The van der Waals surface area contributed by atoms with Gasteiger partial charge in [0.25, 0.3) is 0 Å². The van der Waals surface area contributed by atoms with Gasteiger partial charge in [-0.05, 0) is 93.6 Å². The lowest BCUT2D eigenvalue weighted by atomic mass is 10.2. The van der Waals surface area contributed by atoms with Crippen molar-refractivity contribution >= 4 is 22.6 Å². The van der Waals surface area contributed by atoms with E-state index in [1.54, 1.807) is 13.0 Å². The molecule has 0 spiro atoms. The molecule has 0 atom stereocenters. The normalized spacial score (nSPS) is 11.4. The molecule has 0 aliphatic rings. The number of halogens is 3. The quantitative estimate of drug-likeness (QED) is 0.203. The number of fused-ring (bicyclic) bond motifs is 1. The molecule has 0 unspecified atom stereocenters. The van der Waals surface area contributed by atoms with Gasteiger partial charge in [-0.2, -0.15) is 0 Å². The van der Waals surface area contributed by atoms with Crippen molar-refractivity contribution in [3.8, 4) is 22.9 Å². The first-order chi connectivity index (χ1) is 18.2. The van der Waals surface area contributed by atoms with Crippen molar-refractivity contribution in [2.24, 2.45) is 0 Å². The van der Waals surface area contributed by atoms with Crippen LogP contribution in [-0.2, 0) is 16.0 Å². The van der Waals surface area contributed by atoms with Crippen LogP contribution in [0, 0.1) is 0 Å². The Bertz CT molecular complexity index is 1380. The van der Waals surface area contributed by atoms with E-state index >= 15 is 0 Å². The summed E-state index contributed by atoms with van der Waals surface area (Å²) in [6.45, 7) is 8.08. The van der Waals surface area contributed by atoms with Crippen LogP contribution in [0.2, 0.25) is 0 Å². The second kappa shape index (κ2) is 11.5. The Balaban J connectivity index is 1.66. The average Bonchev–Trinajstić information content (AvgIpc) is 3.22. The maximum atomic E-state index is 12.4. The van der Waals surface area contributed by atoms with E-state index in [-0.39, 0.29) is 18.1 Å². The summed E-state index contributed by atoms with van der Waals surface area (Å²) in [5.41, 5.74) is 3.66. The van der Waals surface area contributed by atoms with Crippen molar-refractivity contribution < 1.29 is 32.2 Å². The molecule has 0 bridgehead atoms. The van der Waals surface area contributed by atoms with Gasteiger partial charge in [-0.3, -0.25) is 4.79 Å². The molecule has 4 aromatic rings. The Morgan fingerprint density at radius 3 is 2.08 bits per heavy atom. The number of anilines is 1. The molecule has 0 N–H and O–H groups in total. The van der Waals surface area contributed by atoms with Gasteiger partial charge in [-0.25, -0.2) is 0 Å². The monoisotopic (exact) mass is 526 g/mol. The smallest absolute Gasteiger partial charge is 0.466 e. The summed E-state index contributed by atoms with van der Waals surface area (Å²) in [6, 6.07) is 20.8. The minimum atomic E-state index is -4.76. The van der Waals surface area contributed by atoms with Gasteiger partial charge < -0.3 is 23.7 Å². The van der Waals surface area contributed by atoms with Crippen molar-refractivity contribution in [1.29, 1.82) is 0 Å². The molecule has 0 fully saturated rings. The number of benzene rings is 3. The minimum Gasteiger partial charge on any atom is -0.466 e. The number of hydrogen-bond acceptors (Lipinski definition) is 5. The molecule has 9 heteroatoms. The lowest BCUT2D eigenvalue weighted by molar-refractivity contribution is -0.274. The first-order valence-electron chi connectivity index (χ1n) is 12.4. The van der Waals surface area contributed by atoms with E-state index in [9.17, 15) is 18.0 Å². The summed E-state index contributed by atoms with van der Waals surface area (Å²) >= 11 is 0. The Labute approximate surface area is 219 Å². The van der Waals surface area contributed by atoms with Crippen LogP contribution in [0.25, 0.3) is 16.6 Å². The zero-order chi connectivity index (χ0) is 27.3. The Morgan fingerprint density at radius 1 is 0.842 bits per heavy atom. The number of esters is 1. The molecule has 38 heavy (non-hydrogen) atoms. The summed E-state index contributed by atoms with van der Waals surface area (Å²) in [5, 5.41) is 0.839. The van der Waals surface area contributed by atoms with Crippen molar-refractivity contribution in [3.63, 3.8) is 0 Å². The predicted molar refractivity (Wildman–Crippen MR) is 140 cm³/mol. The number of aromatic nitrogens is 1. The zero-order valence-electron chi connectivity index (χ0n) is 21.4. The van der Waals surface area contributed by atoms with Gasteiger partial charge in [0.2, 0.25) is 0 Å². The van der Waals surface area contributed by atoms with Gasteiger partial charge in [0, 0.05) is 35.5 Å². The molecule has 200 valence electrons. The Kier molecular flexibility index (Phi) is 8.14. The highest BCUT2D eigenvalue weighted by molar-refractivity contribution is 5.86. The van der Waals surface area contributed by atoms with Crippen LogP contribution in [0.4, 0.5) is 18.9 Å². The highest BCUT2D eigenvalue weighted by atomic mass is 19.4. The first kappa shape index (κ1) is 26.9. The second-order valence-electron chi connectivity index (χ2n) is 8.48. The first-order valence-corrected chi connectivity index (χ1v) is 12.4. The number of nitrogens with zero attached hydrogens (tertiary/aromatic N) is 2. The highest BCUT2D eigenvalue weighted by Gasteiger charge is 2.31. The van der Waals surface area contributed by atoms with Crippen LogP contribution >= 0.6 is 0 Å². The summed E-state index contributed by atoms with van der Waals surface area (Å²) in [4.78, 5) is 14.6. The van der Waals surface area contributed by atoms with E-state index in [0.717, 1.165) is 41.1 Å². The molecule has 0 aliphatic heterocycles. The van der Waals surface area contributed by atoms with Crippen molar-refractivity contribution in [2.45, 2.75) is 33.6 Å². The maximum absolute atomic E-state index is 12.4. The number of hydrogen-bond donors (Lipinski definition) is 0. The molecule has 4 rings (SSSR count). The van der Waals surface area contributed by atoms with E-state index in [2.05, 4.69) is 35.6 Å². The number of carbonyl (C=O) groups excluding carboxylic acids is 1. The number of carbonyl (C=O) groups is 1. The third-order valence-electron chi connectivity index (χ3n) is 6.01. The van der Waals surface area contributed by atoms with Crippen LogP contribution in [0.3, 0.4) is 0 Å². The molecule has 0 amide bonds. The molecule has 1 heterocycles. The van der Waals surface area contributed by atoms with Gasteiger partial charge in [-0.1, -0.05) is 0 Å². The SMILES string of the molecule is CCOC(=O)Cc1cc2cc(Oc3ccc(OC(F)(F)F)cc3)ccc2n1-c1ccc(N(CC)CC)cc1. The summed E-state index contributed by atoms with van der Waals surface area (Å²) < 4.78 is 54.2. The predicted octanol–water partition coefficient (Wildman–Crippen LogP) is 7.27. The molecule has 1 aromatic heterocycles. The summed E-state index contributed by atoms with van der Waals surface area (Å²) in [7, 11) is 0. The molecule has 6 nitrogen and oxygen atoms in total. The Hall–Kier alpha value is -4.14. The lowest BCUT2D eigenvalue weighted by Gasteiger charge is -2.21. The van der Waals surface area contributed by atoms with Gasteiger partial charge in [0.15, 0.2) is 0 Å². The average molecular weight is 527 g/mol. The summed E-state index contributed by atoms with van der Waals surface area (Å²) in [5.74, 6) is 0.206. The van der Waals surface area contributed by atoms with E-state index < -0.39 is 6.36 Å². The zero-order valence-corrected chi connectivity index (χ0v) is 21.4. The maximum Gasteiger partial charge on any atom is 0.573 e. The van der Waals surface area contributed by atoms with E-state index in [1.807, 2.05) is 34.9 Å². The van der Waals surface area contributed by atoms with Crippen LogP contribution in [-0.4, -0.2) is 36.6 Å². The van der Waals surface area contributed by atoms with Crippen LogP contribution < -0.4 is 14.4 Å².